The van der Waals surface area contributed by atoms with E-state index in [-0.39, 0.29) is 5.78 Å². The van der Waals surface area contributed by atoms with Crippen molar-refractivity contribution in [1.82, 2.24) is 0 Å². The number of hydrogen-bond acceptors (Lipinski definition) is 7. The van der Waals surface area contributed by atoms with Crippen molar-refractivity contribution in [1.29, 1.82) is 0 Å². The van der Waals surface area contributed by atoms with Crippen LogP contribution in [0.1, 0.15) is 15.2 Å². The Morgan fingerprint density at radius 3 is 2.08 bits per heavy atom. The number of ketones is 1. The molecule has 0 saturated heterocycles. The quantitative estimate of drug-likeness (QED) is 0.663. The zero-order valence-corrected chi connectivity index (χ0v) is 15.7. The van der Waals surface area contributed by atoms with Crippen LogP contribution in [-0.2, 0) is 0 Å². The third-order valence-corrected chi connectivity index (χ3v) is 5.24. The van der Waals surface area contributed by atoms with Crippen molar-refractivity contribution in [3.63, 3.8) is 0 Å². The Balaban J connectivity index is 2.16. The van der Waals surface area contributed by atoms with Crippen LogP contribution in [-0.4, -0.2) is 34.2 Å². The van der Waals surface area contributed by atoms with Gasteiger partial charge < -0.3 is 24.7 Å². The summed E-state index contributed by atoms with van der Waals surface area (Å²) in [5.41, 5.74) is 7.08. The molecule has 6 nitrogen and oxygen atoms in total. The van der Waals surface area contributed by atoms with Crippen LogP contribution in [0.25, 0.3) is 10.1 Å². The number of thiophene rings is 1. The first-order valence-electron chi connectivity index (χ1n) is 7.75. The molecule has 2 N–H and O–H groups in total. The maximum atomic E-state index is 13.1. The molecule has 2 aromatic carbocycles. The smallest absolute Gasteiger partial charge is 0.205 e. The molecule has 0 atom stereocenters. The Morgan fingerprint density at radius 2 is 1.54 bits per heavy atom. The molecule has 0 fully saturated rings. The summed E-state index contributed by atoms with van der Waals surface area (Å²) >= 11 is 1.33. The van der Waals surface area contributed by atoms with Gasteiger partial charge in [0.2, 0.25) is 11.5 Å². The number of benzene rings is 2. The van der Waals surface area contributed by atoms with Crippen molar-refractivity contribution >= 4 is 32.9 Å². The number of nitrogen functional groups attached to an aromatic ring is 1. The Labute approximate surface area is 155 Å². The fourth-order valence-electron chi connectivity index (χ4n) is 2.82. The molecular formula is C19H19NO5S. The second-order valence-corrected chi connectivity index (χ2v) is 6.47. The van der Waals surface area contributed by atoms with Crippen LogP contribution < -0.4 is 24.7 Å². The average Bonchev–Trinajstić information content (AvgIpc) is 3.02. The highest BCUT2D eigenvalue weighted by molar-refractivity contribution is 7.21. The molecule has 1 heterocycles. The van der Waals surface area contributed by atoms with Gasteiger partial charge in [-0.25, -0.2) is 0 Å². The van der Waals surface area contributed by atoms with Gasteiger partial charge in [-0.05, 0) is 24.3 Å². The van der Waals surface area contributed by atoms with Gasteiger partial charge in [-0.1, -0.05) is 6.07 Å². The van der Waals surface area contributed by atoms with Crippen LogP contribution in [0, 0.1) is 0 Å². The minimum absolute atomic E-state index is 0.218. The molecule has 7 heteroatoms. The van der Waals surface area contributed by atoms with E-state index in [1.807, 2.05) is 18.2 Å². The van der Waals surface area contributed by atoms with Crippen LogP contribution in [0.2, 0.25) is 0 Å². The molecule has 0 unspecified atom stereocenters. The normalized spacial score (nSPS) is 10.6. The second kappa shape index (κ2) is 7.13. The number of ether oxygens (including phenoxy) is 4. The van der Waals surface area contributed by atoms with Gasteiger partial charge in [-0.15, -0.1) is 11.3 Å². The number of carbonyl (C=O) groups excluding carboxylic acids is 1. The number of nitrogens with two attached hydrogens (primary N) is 1. The lowest BCUT2D eigenvalue weighted by atomic mass is 10.1. The number of methoxy groups -OCH3 is 4. The molecule has 3 aromatic rings. The van der Waals surface area contributed by atoms with E-state index in [1.54, 1.807) is 19.2 Å². The number of fused-ring (bicyclic) bond motifs is 1. The molecule has 0 amide bonds. The summed E-state index contributed by atoms with van der Waals surface area (Å²) in [6.07, 6.45) is 0. The molecule has 1 aromatic heterocycles. The fourth-order valence-corrected chi connectivity index (χ4v) is 3.92. The maximum Gasteiger partial charge on any atom is 0.205 e. The predicted molar refractivity (Wildman–Crippen MR) is 102 cm³/mol. The number of hydrogen-bond donors (Lipinski definition) is 1. The van der Waals surface area contributed by atoms with E-state index in [4.69, 9.17) is 24.7 Å². The van der Waals surface area contributed by atoms with Gasteiger partial charge in [-0.3, -0.25) is 4.79 Å². The van der Waals surface area contributed by atoms with Gasteiger partial charge in [0.1, 0.15) is 5.75 Å². The third kappa shape index (κ3) is 2.80. The summed E-state index contributed by atoms with van der Waals surface area (Å²) in [4.78, 5) is 13.6. The minimum Gasteiger partial charge on any atom is -0.496 e. The van der Waals surface area contributed by atoms with Crippen LogP contribution in [0.15, 0.2) is 30.3 Å². The summed E-state index contributed by atoms with van der Waals surface area (Å²) in [6.45, 7) is 0. The van der Waals surface area contributed by atoms with Crippen molar-refractivity contribution in [3.8, 4) is 23.0 Å². The summed E-state index contributed by atoms with van der Waals surface area (Å²) < 4.78 is 22.2. The van der Waals surface area contributed by atoms with E-state index >= 15 is 0 Å². The van der Waals surface area contributed by atoms with E-state index in [0.717, 1.165) is 10.1 Å². The predicted octanol–water partition coefficient (Wildman–Crippen LogP) is 3.75. The zero-order chi connectivity index (χ0) is 18.8. The molecule has 0 aliphatic heterocycles. The Bertz CT molecular complexity index is 954. The summed E-state index contributed by atoms with van der Waals surface area (Å²) in [7, 11) is 6.10. The largest absolute Gasteiger partial charge is 0.496 e. The van der Waals surface area contributed by atoms with E-state index in [2.05, 4.69) is 0 Å². The molecule has 136 valence electrons. The summed E-state index contributed by atoms with van der Waals surface area (Å²) in [5, 5.41) is 0.746. The lowest BCUT2D eigenvalue weighted by molar-refractivity contribution is 0.104. The first-order chi connectivity index (χ1) is 12.5. The molecule has 0 bridgehead atoms. The van der Waals surface area contributed by atoms with Crippen molar-refractivity contribution in [3.05, 3.63) is 40.8 Å². The maximum absolute atomic E-state index is 13.1. The van der Waals surface area contributed by atoms with Crippen molar-refractivity contribution in [2.24, 2.45) is 0 Å². The van der Waals surface area contributed by atoms with E-state index in [1.165, 1.54) is 32.7 Å². The highest BCUT2D eigenvalue weighted by Crippen LogP contribution is 2.42. The SMILES string of the molecule is COc1cc(C(=O)c2sc3cccc(OC)c3c2N)cc(OC)c1OC. The first-order valence-corrected chi connectivity index (χ1v) is 8.57. The highest BCUT2D eigenvalue weighted by Gasteiger charge is 2.23. The third-order valence-electron chi connectivity index (χ3n) is 4.07. The van der Waals surface area contributed by atoms with Crippen LogP contribution >= 0.6 is 11.3 Å². The fraction of sp³-hybridized carbons (Fsp3) is 0.211. The van der Waals surface area contributed by atoms with Crippen molar-refractivity contribution in [2.75, 3.05) is 34.2 Å². The average molecular weight is 373 g/mol. The molecule has 0 saturated carbocycles. The lowest BCUT2D eigenvalue weighted by Gasteiger charge is -2.13. The lowest BCUT2D eigenvalue weighted by Crippen LogP contribution is -2.04. The molecule has 3 rings (SSSR count). The molecule has 0 aliphatic carbocycles. The topological polar surface area (TPSA) is 80.0 Å². The highest BCUT2D eigenvalue weighted by atomic mass is 32.1. The van der Waals surface area contributed by atoms with Crippen LogP contribution in [0.4, 0.5) is 5.69 Å². The number of carbonyl (C=O) groups is 1. The second-order valence-electron chi connectivity index (χ2n) is 5.42. The Morgan fingerprint density at radius 1 is 0.923 bits per heavy atom. The van der Waals surface area contributed by atoms with Crippen molar-refractivity contribution in [2.45, 2.75) is 0 Å². The first kappa shape index (κ1) is 17.9. The Hall–Kier alpha value is -2.93. The van der Waals surface area contributed by atoms with E-state index in [0.29, 0.717) is 39.1 Å². The molecule has 0 spiro atoms. The number of rotatable bonds is 6. The molecule has 0 radical (unpaired) electrons. The molecular weight excluding hydrogens is 354 g/mol. The van der Waals surface area contributed by atoms with Gasteiger partial charge >= 0.3 is 0 Å². The van der Waals surface area contributed by atoms with E-state index < -0.39 is 0 Å². The van der Waals surface area contributed by atoms with Crippen molar-refractivity contribution < 1.29 is 23.7 Å². The van der Waals surface area contributed by atoms with Gasteiger partial charge in [0.15, 0.2) is 11.5 Å². The van der Waals surface area contributed by atoms with Gasteiger partial charge in [-0.2, -0.15) is 0 Å². The standard InChI is InChI=1S/C19H19NO5S/c1-22-11-6-5-7-14-15(11)16(20)19(26-14)17(21)10-8-12(23-2)18(25-4)13(9-10)24-3/h5-9H,20H2,1-4H3. The zero-order valence-electron chi connectivity index (χ0n) is 14.9. The van der Waals surface area contributed by atoms with E-state index in [9.17, 15) is 4.79 Å². The summed E-state index contributed by atoms with van der Waals surface area (Å²) in [6, 6.07) is 8.82. The van der Waals surface area contributed by atoms with Gasteiger partial charge in [0.25, 0.3) is 0 Å². The van der Waals surface area contributed by atoms with Gasteiger partial charge in [0.05, 0.1) is 44.4 Å². The summed E-state index contributed by atoms with van der Waals surface area (Å²) in [5.74, 6) is 1.67. The monoisotopic (exact) mass is 373 g/mol. The number of anilines is 1. The Kier molecular flexibility index (Phi) is 4.90. The van der Waals surface area contributed by atoms with Gasteiger partial charge in [0, 0.05) is 10.3 Å². The van der Waals surface area contributed by atoms with Crippen LogP contribution in [0.5, 0.6) is 23.0 Å². The molecule has 26 heavy (non-hydrogen) atoms. The minimum atomic E-state index is -0.218. The van der Waals surface area contributed by atoms with Crippen LogP contribution in [0.3, 0.4) is 0 Å². The molecule has 0 aliphatic rings.